The van der Waals surface area contributed by atoms with E-state index in [0.717, 1.165) is 6.42 Å². The van der Waals surface area contributed by atoms with Gasteiger partial charge in [0.25, 0.3) is 0 Å². The number of hydrogen-bond donors (Lipinski definition) is 3. The monoisotopic (exact) mass is 256 g/mol. The fraction of sp³-hybridized carbons (Fsp3) is 0.846. The van der Waals surface area contributed by atoms with E-state index in [1.807, 2.05) is 0 Å². The maximum atomic E-state index is 11.6. The molecule has 1 rings (SSSR count). The van der Waals surface area contributed by atoms with E-state index >= 15 is 0 Å². The molecular formula is C13H24N2O3. The average molecular weight is 256 g/mol. The minimum atomic E-state index is -0.934. The van der Waals surface area contributed by atoms with E-state index in [9.17, 15) is 9.59 Å². The van der Waals surface area contributed by atoms with E-state index in [4.69, 9.17) is 5.11 Å². The molecule has 0 aliphatic heterocycles. The Morgan fingerprint density at radius 1 is 1.28 bits per heavy atom. The van der Waals surface area contributed by atoms with Gasteiger partial charge in [-0.05, 0) is 38.5 Å². The molecule has 0 radical (unpaired) electrons. The van der Waals surface area contributed by atoms with E-state index in [2.05, 4.69) is 17.6 Å². The summed E-state index contributed by atoms with van der Waals surface area (Å²) in [6.07, 6.45) is 4.66. The van der Waals surface area contributed by atoms with Gasteiger partial charge in [0.2, 0.25) is 0 Å². The van der Waals surface area contributed by atoms with Gasteiger partial charge in [0.15, 0.2) is 0 Å². The van der Waals surface area contributed by atoms with Crippen LogP contribution in [0.1, 0.15) is 46.5 Å². The quantitative estimate of drug-likeness (QED) is 0.680. The van der Waals surface area contributed by atoms with Crippen molar-refractivity contribution in [2.75, 3.05) is 13.1 Å². The van der Waals surface area contributed by atoms with Crippen molar-refractivity contribution in [2.24, 2.45) is 10.8 Å². The lowest BCUT2D eigenvalue weighted by atomic mass is 9.67. The third kappa shape index (κ3) is 3.62. The number of carbonyl (C=O) groups is 2. The van der Waals surface area contributed by atoms with E-state index in [1.165, 1.54) is 19.3 Å². The van der Waals surface area contributed by atoms with Crippen LogP contribution < -0.4 is 10.6 Å². The van der Waals surface area contributed by atoms with E-state index in [-0.39, 0.29) is 18.0 Å². The minimum absolute atomic E-state index is 0.132. The molecule has 0 spiro atoms. The van der Waals surface area contributed by atoms with Crippen molar-refractivity contribution in [1.82, 2.24) is 10.6 Å². The number of aliphatic carboxylic acids is 1. The molecule has 0 atom stereocenters. The summed E-state index contributed by atoms with van der Waals surface area (Å²) < 4.78 is 0. The number of carboxylic acids is 1. The van der Waals surface area contributed by atoms with Crippen molar-refractivity contribution >= 4 is 12.0 Å². The van der Waals surface area contributed by atoms with Crippen molar-refractivity contribution in [3.8, 4) is 0 Å². The maximum Gasteiger partial charge on any atom is 0.314 e. The molecule has 1 fully saturated rings. The summed E-state index contributed by atoms with van der Waals surface area (Å²) >= 11 is 0. The van der Waals surface area contributed by atoms with Crippen molar-refractivity contribution in [2.45, 2.75) is 46.5 Å². The van der Waals surface area contributed by atoms with Crippen LogP contribution in [-0.2, 0) is 4.79 Å². The number of hydrogen-bond acceptors (Lipinski definition) is 2. The summed E-state index contributed by atoms with van der Waals surface area (Å²) in [5, 5.41) is 14.4. The summed E-state index contributed by atoms with van der Waals surface area (Å²) in [5.74, 6) is -0.910. The van der Waals surface area contributed by atoms with Crippen LogP contribution in [0.4, 0.5) is 4.79 Å². The van der Waals surface area contributed by atoms with Crippen molar-refractivity contribution < 1.29 is 14.7 Å². The second kappa shape index (κ2) is 5.59. The van der Waals surface area contributed by atoms with Crippen LogP contribution in [0, 0.1) is 10.8 Å². The highest BCUT2D eigenvalue weighted by atomic mass is 16.4. The number of carboxylic acid groups (broad SMARTS) is 1. The molecule has 0 bridgehead atoms. The second-order valence-electron chi connectivity index (χ2n) is 5.93. The van der Waals surface area contributed by atoms with Crippen LogP contribution in [-0.4, -0.2) is 30.2 Å². The van der Waals surface area contributed by atoms with Gasteiger partial charge in [-0.15, -0.1) is 0 Å². The van der Waals surface area contributed by atoms with Gasteiger partial charge >= 0.3 is 12.0 Å². The number of urea groups is 1. The van der Waals surface area contributed by atoms with Crippen molar-refractivity contribution in [1.29, 1.82) is 0 Å². The standard InChI is InChI=1S/C13H24N2O3/c1-4-13(6-5-7-13)9-15-11(18)14-8-12(2,3)10(16)17/h4-9H2,1-3H3,(H,16,17)(H2,14,15,18). The largest absolute Gasteiger partial charge is 0.481 e. The lowest BCUT2D eigenvalue weighted by Gasteiger charge is -2.41. The van der Waals surface area contributed by atoms with Crippen LogP contribution in [0.15, 0.2) is 0 Å². The molecule has 0 aromatic heterocycles. The van der Waals surface area contributed by atoms with Crippen molar-refractivity contribution in [3.63, 3.8) is 0 Å². The molecule has 1 aliphatic carbocycles. The summed E-state index contributed by atoms with van der Waals surface area (Å²) in [7, 11) is 0. The fourth-order valence-electron chi connectivity index (χ4n) is 2.04. The smallest absolute Gasteiger partial charge is 0.314 e. The first kappa shape index (κ1) is 14.8. The Morgan fingerprint density at radius 2 is 1.89 bits per heavy atom. The molecule has 1 saturated carbocycles. The molecular weight excluding hydrogens is 232 g/mol. The third-order valence-corrected chi connectivity index (χ3v) is 4.06. The molecule has 0 heterocycles. The Kier molecular flexibility index (Phi) is 4.59. The number of nitrogens with one attached hydrogen (secondary N) is 2. The van der Waals surface area contributed by atoms with Gasteiger partial charge in [-0.1, -0.05) is 13.3 Å². The molecule has 2 amide bonds. The molecule has 3 N–H and O–H groups in total. The lowest BCUT2D eigenvalue weighted by Crippen LogP contribution is -2.48. The molecule has 5 heteroatoms. The highest BCUT2D eigenvalue weighted by molar-refractivity contribution is 5.77. The third-order valence-electron chi connectivity index (χ3n) is 4.06. The zero-order valence-corrected chi connectivity index (χ0v) is 11.5. The van der Waals surface area contributed by atoms with Gasteiger partial charge in [0.1, 0.15) is 0 Å². The van der Waals surface area contributed by atoms with Gasteiger partial charge in [-0.3, -0.25) is 4.79 Å². The van der Waals surface area contributed by atoms with Crippen LogP contribution in [0.2, 0.25) is 0 Å². The summed E-state index contributed by atoms with van der Waals surface area (Å²) in [6.45, 7) is 6.15. The Balaban J connectivity index is 2.28. The van der Waals surface area contributed by atoms with Crippen LogP contribution in [0.3, 0.4) is 0 Å². The first-order valence-corrected chi connectivity index (χ1v) is 6.56. The van der Waals surface area contributed by atoms with Gasteiger partial charge in [-0.25, -0.2) is 4.79 Å². The number of amides is 2. The molecule has 5 nitrogen and oxygen atoms in total. The SMILES string of the molecule is CCC1(CNC(=O)NCC(C)(C)C(=O)O)CCC1. The second-order valence-corrected chi connectivity index (χ2v) is 5.93. The zero-order chi connectivity index (χ0) is 13.8. The lowest BCUT2D eigenvalue weighted by molar-refractivity contribution is -0.146. The minimum Gasteiger partial charge on any atom is -0.481 e. The summed E-state index contributed by atoms with van der Waals surface area (Å²) in [5.41, 5.74) is -0.657. The predicted molar refractivity (Wildman–Crippen MR) is 69.4 cm³/mol. The van der Waals surface area contributed by atoms with Crippen LogP contribution >= 0.6 is 0 Å². The molecule has 104 valence electrons. The van der Waals surface area contributed by atoms with E-state index in [1.54, 1.807) is 13.8 Å². The average Bonchev–Trinajstić information content (AvgIpc) is 2.25. The van der Waals surface area contributed by atoms with Gasteiger partial charge in [0.05, 0.1) is 5.41 Å². The topological polar surface area (TPSA) is 78.4 Å². The van der Waals surface area contributed by atoms with Crippen LogP contribution in [0.5, 0.6) is 0 Å². The highest BCUT2D eigenvalue weighted by Crippen LogP contribution is 2.42. The van der Waals surface area contributed by atoms with E-state index < -0.39 is 11.4 Å². The highest BCUT2D eigenvalue weighted by Gasteiger charge is 2.35. The molecule has 0 aromatic carbocycles. The van der Waals surface area contributed by atoms with Gasteiger partial charge in [-0.2, -0.15) is 0 Å². The van der Waals surface area contributed by atoms with Crippen LogP contribution in [0.25, 0.3) is 0 Å². The Hall–Kier alpha value is -1.26. The maximum absolute atomic E-state index is 11.6. The number of rotatable bonds is 6. The molecule has 0 unspecified atom stereocenters. The Morgan fingerprint density at radius 3 is 2.28 bits per heavy atom. The Bertz CT molecular complexity index is 317. The first-order valence-electron chi connectivity index (χ1n) is 6.56. The molecule has 18 heavy (non-hydrogen) atoms. The normalized spacial score (nSPS) is 17.7. The van der Waals surface area contributed by atoms with Gasteiger partial charge < -0.3 is 15.7 Å². The van der Waals surface area contributed by atoms with Gasteiger partial charge in [0, 0.05) is 13.1 Å². The summed E-state index contributed by atoms with van der Waals surface area (Å²) in [6, 6.07) is -0.274. The van der Waals surface area contributed by atoms with Crippen molar-refractivity contribution in [3.05, 3.63) is 0 Å². The van der Waals surface area contributed by atoms with E-state index in [0.29, 0.717) is 6.54 Å². The zero-order valence-electron chi connectivity index (χ0n) is 11.5. The Labute approximate surface area is 108 Å². The molecule has 1 aliphatic rings. The first-order chi connectivity index (χ1) is 8.31. The fourth-order valence-corrected chi connectivity index (χ4v) is 2.04. The number of carbonyl (C=O) groups excluding carboxylic acids is 1. The molecule has 0 aromatic rings. The molecule has 0 saturated heterocycles. The summed E-state index contributed by atoms with van der Waals surface area (Å²) in [4.78, 5) is 22.5. The predicted octanol–water partition coefficient (Wildman–Crippen LogP) is 1.98.